The maximum atomic E-state index is 12.9. The van der Waals surface area contributed by atoms with Gasteiger partial charge in [-0.25, -0.2) is 4.39 Å². The van der Waals surface area contributed by atoms with E-state index >= 15 is 0 Å². The summed E-state index contributed by atoms with van der Waals surface area (Å²) in [5.41, 5.74) is 0. The second-order valence-corrected chi connectivity index (χ2v) is 3.13. The van der Waals surface area contributed by atoms with Gasteiger partial charge >= 0.3 is 5.97 Å². The highest BCUT2D eigenvalue weighted by Gasteiger charge is 2.36. The summed E-state index contributed by atoms with van der Waals surface area (Å²) in [5, 5.41) is 8.96. The number of aliphatic hydroxyl groups excluding tert-OH is 1. The Bertz CT molecular complexity index is 197. The van der Waals surface area contributed by atoms with Crippen LogP contribution in [-0.4, -0.2) is 35.7 Å². The predicted octanol–water partition coefficient (Wildman–Crippen LogP) is 0.383. The van der Waals surface area contributed by atoms with Crippen molar-refractivity contribution in [1.29, 1.82) is 0 Å². The Balaban J connectivity index is 2.51. The van der Waals surface area contributed by atoms with Crippen LogP contribution in [0.3, 0.4) is 0 Å². The van der Waals surface area contributed by atoms with Crippen molar-refractivity contribution in [1.82, 2.24) is 0 Å². The van der Waals surface area contributed by atoms with Gasteiger partial charge in [-0.15, -0.1) is 0 Å². The molecule has 0 radical (unpaired) electrons. The van der Waals surface area contributed by atoms with Crippen LogP contribution in [0.25, 0.3) is 0 Å². The average molecular weight is 192 g/mol. The molecule has 1 heterocycles. The summed E-state index contributed by atoms with van der Waals surface area (Å²) in [6.45, 7) is 2.88. The molecule has 0 spiro atoms. The summed E-state index contributed by atoms with van der Waals surface area (Å²) in [4.78, 5) is 10.6. The van der Waals surface area contributed by atoms with Gasteiger partial charge in [-0.05, 0) is 6.92 Å². The second-order valence-electron chi connectivity index (χ2n) is 3.13. The summed E-state index contributed by atoms with van der Waals surface area (Å²) in [6, 6.07) is 0. The number of ether oxygens (including phenoxy) is 2. The Morgan fingerprint density at radius 2 is 2.31 bits per heavy atom. The number of carbonyl (C=O) groups is 1. The van der Waals surface area contributed by atoms with Crippen molar-refractivity contribution in [2.45, 2.75) is 44.9 Å². The first-order valence-corrected chi connectivity index (χ1v) is 4.15. The molecule has 0 saturated carbocycles. The van der Waals surface area contributed by atoms with E-state index in [1.165, 1.54) is 6.92 Å². The third-order valence-corrected chi connectivity index (χ3v) is 1.96. The fourth-order valence-corrected chi connectivity index (χ4v) is 1.28. The van der Waals surface area contributed by atoms with Gasteiger partial charge in [0.2, 0.25) is 0 Å². The smallest absolute Gasteiger partial charge is 0.302 e. The van der Waals surface area contributed by atoms with E-state index in [0.29, 0.717) is 0 Å². The zero-order valence-corrected chi connectivity index (χ0v) is 7.57. The molecule has 0 aromatic carbocycles. The highest BCUT2D eigenvalue weighted by atomic mass is 19.1. The Morgan fingerprint density at radius 1 is 1.69 bits per heavy atom. The van der Waals surface area contributed by atoms with E-state index in [1.807, 2.05) is 0 Å². The maximum absolute atomic E-state index is 12.9. The molecule has 0 aliphatic carbocycles. The highest BCUT2D eigenvalue weighted by molar-refractivity contribution is 5.66. The minimum atomic E-state index is -1.49. The quantitative estimate of drug-likeness (QED) is 0.610. The Labute approximate surface area is 75.6 Å². The molecular weight excluding hydrogens is 179 g/mol. The molecule has 4 atom stereocenters. The molecule has 76 valence electrons. The van der Waals surface area contributed by atoms with E-state index in [0.717, 1.165) is 0 Å². The largest absolute Gasteiger partial charge is 0.460 e. The van der Waals surface area contributed by atoms with Crippen molar-refractivity contribution in [3.8, 4) is 0 Å². The van der Waals surface area contributed by atoms with Gasteiger partial charge in [0.1, 0.15) is 6.10 Å². The zero-order chi connectivity index (χ0) is 10.0. The van der Waals surface area contributed by atoms with Gasteiger partial charge in [0.25, 0.3) is 0 Å². The highest BCUT2D eigenvalue weighted by Crippen LogP contribution is 2.23. The molecule has 2 unspecified atom stereocenters. The monoisotopic (exact) mass is 192 g/mol. The number of halogens is 1. The molecule has 5 heteroatoms. The Hall–Kier alpha value is -0.680. The number of aliphatic hydroxyl groups is 1. The molecule has 13 heavy (non-hydrogen) atoms. The van der Waals surface area contributed by atoms with Gasteiger partial charge in [0, 0.05) is 13.3 Å². The molecule has 0 aromatic heterocycles. The van der Waals surface area contributed by atoms with E-state index in [-0.39, 0.29) is 6.42 Å². The lowest BCUT2D eigenvalue weighted by Crippen LogP contribution is -2.45. The second kappa shape index (κ2) is 4.02. The van der Waals surface area contributed by atoms with Crippen LogP contribution in [-0.2, 0) is 14.3 Å². The van der Waals surface area contributed by atoms with E-state index < -0.39 is 30.6 Å². The molecule has 1 fully saturated rings. The van der Waals surface area contributed by atoms with E-state index in [1.54, 1.807) is 6.92 Å². The molecule has 1 rings (SSSR count). The maximum Gasteiger partial charge on any atom is 0.302 e. The molecule has 4 nitrogen and oxygen atoms in total. The van der Waals surface area contributed by atoms with Crippen molar-refractivity contribution in [2.24, 2.45) is 0 Å². The fraction of sp³-hybridized carbons (Fsp3) is 0.875. The Morgan fingerprint density at radius 3 is 2.85 bits per heavy atom. The van der Waals surface area contributed by atoms with Crippen molar-refractivity contribution in [3.63, 3.8) is 0 Å². The van der Waals surface area contributed by atoms with E-state index in [4.69, 9.17) is 14.6 Å². The molecule has 1 aliphatic heterocycles. The standard InChI is InChI=1S/C8H13FO4/c1-4-7(13-5(2)10)3-6(9)8(11)12-4/h4,6-8,11H,3H2,1-2H3/t4-,6?,7-,8?/m0/s1. The molecule has 0 aromatic rings. The summed E-state index contributed by atoms with van der Waals surface area (Å²) < 4.78 is 22.5. The van der Waals surface area contributed by atoms with Gasteiger partial charge < -0.3 is 14.6 Å². The predicted molar refractivity (Wildman–Crippen MR) is 41.6 cm³/mol. The summed E-state index contributed by atoms with van der Waals surface area (Å²) in [7, 11) is 0. The van der Waals surface area contributed by atoms with Crippen LogP contribution in [0.2, 0.25) is 0 Å². The lowest BCUT2D eigenvalue weighted by Gasteiger charge is -2.33. The molecule has 1 saturated heterocycles. The van der Waals surface area contributed by atoms with Gasteiger partial charge in [0.05, 0.1) is 6.10 Å². The van der Waals surface area contributed by atoms with Crippen molar-refractivity contribution in [3.05, 3.63) is 0 Å². The third-order valence-electron chi connectivity index (χ3n) is 1.96. The zero-order valence-electron chi connectivity index (χ0n) is 7.57. The minimum Gasteiger partial charge on any atom is -0.460 e. The molecular formula is C8H13FO4. The fourth-order valence-electron chi connectivity index (χ4n) is 1.28. The number of hydrogen-bond donors (Lipinski definition) is 1. The van der Waals surface area contributed by atoms with Crippen molar-refractivity contribution < 1.29 is 23.8 Å². The first-order valence-electron chi connectivity index (χ1n) is 4.15. The first kappa shape index (κ1) is 10.4. The first-order chi connectivity index (χ1) is 6.00. The lowest BCUT2D eigenvalue weighted by molar-refractivity contribution is -0.231. The van der Waals surface area contributed by atoms with Crippen molar-refractivity contribution in [2.75, 3.05) is 0 Å². The van der Waals surface area contributed by atoms with Gasteiger partial charge in [-0.1, -0.05) is 0 Å². The number of alkyl halides is 1. The van der Waals surface area contributed by atoms with Crippen LogP contribution in [0.1, 0.15) is 20.3 Å². The molecule has 0 amide bonds. The third kappa shape index (κ3) is 2.63. The molecule has 0 bridgehead atoms. The average Bonchev–Trinajstić information content (AvgIpc) is 1.99. The van der Waals surface area contributed by atoms with Crippen LogP contribution < -0.4 is 0 Å². The van der Waals surface area contributed by atoms with Crippen LogP contribution >= 0.6 is 0 Å². The Kier molecular flexibility index (Phi) is 3.22. The van der Waals surface area contributed by atoms with Crippen LogP contribution in [0, 0.1) is 0 Å². The topological polar surface area (TPSA) is 55.8 Å². The lowest BCUT2D eigenvalue weighted by atomic mass is 10.0. The van der Waals surface area contributed by atoms with Crippen LogP contribution in [0.5, 0.6) is 0 Å². The number of hydrogen-bond acceptors (Lipinski definition) is 4. The van der Waals surface area contributed by atoms with E-state index in [9.17, 15) is 9.18 Å². The summed E-state index contributed by atoms with van der Waals surface area (Å²) in [6.07, 6.45) is -3.97. The number of carbonyl (C=O) groups excluding carboxylic acids is 1. The van der Waals surface area contributed by atoms with Crippen LogP contribution in [0.15, 0.2) is 0 Å². The molecule has 1 N–H and O–H groups in total. The minimum absolute atomic E-state index is 0.0120. The van der Waals surface area contributed by atoms with Gasteiger partial charge in [0.15, 0.2) is 12.5 Å². The van der Waals surface area contributed by atoms with Gasteiger partial charge in [-0.2, -0.15) is 0 Å². The van der Waals surface area contributed by atoms with Crippen molar-refractivity contribution >= 4 is 5.97 Å². The molecule has 1 aliphatic rings. The number of esters is 1. The summed E-state index contributed by atoms with van der Waals surface area (Å²) in [5.74, 6) is -0.468. The van der Waals surface area contributed by atoms with Crippen LogP contribution in [0.4, 0.5) is 4.39 Å². The van der Waals surface area contributed by atoms with E-state index in [2.05, 4.69) is 0 Å². The SMILES string of the molecule is CC(=O)O[C@H]1CC(F)C(O)O[C@H]1C. The normalized spacial score (nSPS) is 40.0. The number of rotatable bonds is 1. The van der Waals surface area contributed by atoms with Gasteiger partial charge in [-0.3, -0.25) is 4.79 Å². The summed E-state index contributed by atoms with van der Waals surface area (Å²) >= 11 is 0.